The molecule has 2 N–H and O–H groups in total. The minimum atomic E-state index is 0. The van der Waals surface area contributed by atoms with Crippen LogP contribution in [0.2, 0.25) is 0 Å². The summed E-state index contributed by atoms with van der Waals surface area (Å²) >= 11 is 0. The van der Waals surface area contributed by atoms with Crippen molar-refractivity contribution in [2.24, 2.45) is 5.92 Å². The predicted octanol–water partition coefficient (Wildman–Crippen LogP) is 4.73. The van der Waals surface area contributed by atoms with Gasteiger partial charge in [0.05, 0.1) is 17.4 Å². The molecule has 0 bridgehead atoms. The molecule has 1 atom stereocenters. The lowest BCUT2D eigenvalue weighted by molar-refractivity contribution is 0.268. The van der Waals surface area contributed by atoms with Crippen molar-refractivity contribution in [2.45, 2.75) is 45.1 Å². The topological polar surface area (TPSA) is 56.7 Å². The summed E-state index contributed by atoms with van der Waals surface area (Å²) in [5.74, 6) is 1.27. The molecule has 0 radical (unpaired) electrons. The molecule has 4 nitrogen and oxygen atoms in total. The number of nitrogens with zero attached hydrogens (tertiary/aromatic N) is 3. The third-order valence-corrected chi connectivity index (χ3v) is 5.21. The average molecular weight is 331 g/mol. The first-order valence-corrected chi connectivity index (χ1v) is 8.26. The number of benzene rings is 1. The van der Waals surface area contributed by atoms with Gasteiger partial charge in [0, 0.05) is 11.4 Å². The Hall–Kier alpha value is -1.81. The van der Waals surface area contributed by atoms with Crippen molar-refractivity contribution in [3.63, 3.8) is 0 Å². The SMILES string of the molecule is C[C@H](C1CCCCC1)n1cnc2c(N)nc3ccccc3c21.Cl. The van der Waals surface area contributed by atoms with Gasteiger partial charge in [0.15, 0.2) is 5.82 Å². The summed E-state index contributed by atoms with van der Waals surface area (Å²) in [7, 11) is 0. The molecule has 2 aromatic heterocycles. The number of nitrogens with two attached hydrogens (primary N) is 1. The molecule has 4 rings (SSSR count). The molecule has 2 heterocycles. The molecule has 1 aromatic carbocycles. The van der Waals surface area contributed by atoms with Gasteiger partial charge < -0.3 is 10.3 Å². The summed E-state index contributed by atoms with van der Waals surface area (Å²) in [6.45, 7) is 2.32. The maximum absolute atomic E-state index is 6.13. The van der Waals surface area contributed by atoms with Crippen molar-refractivity contribution in [1.82, 2.24) is 14.5 Å². The first kappa shape index (κ1) is 16.1. The Kier molecular flexibility index (Phi) is 4.44. The van der Waals surface area contributed by atoms with Crippen LogP contribution in [0.3, 0.4) is 0 Å². The van der Waals surface area contributed by atoms with Crippen molar-refractivity contribution in [3.05, 3.63) is 30.6 Å². The number of para-hydroxylation sites is 1. The summed E-state index contributed by atoms with van der Waals surface area (Å²) in [5.41, 5.74) is 9.05. The van der Waals surface area contributed by atoms with Crippen LogP contribution in [-0.4, -0.2) is 14.5 Å². The highest BCUT2D eigenvalue weighted by molar-refractivity contribution is 6.06. The molecule has 0 spiro atoms. The molecule has 0 aliphatic heterocycles. The number of fused-ring (bicyclic) bond motifs is 3. The van der Waals surface area contributed by atoms with Gasteiger partial charge in [-0.25, -0.2) is 9.97 Å². The number of hydrogen-bond donors (Lipinski definition) is 1. The second kappa shape index (κ2) is 6.36. The van der Waals surface area contributed by atoms with Crippen LogP contribution in [0.15, 0.2) is 30.6 Å². The van der Waals surface area contributed by atoms with E-state index >= 15 is 0 Å². The molecule has 1 aliphatic rings. The van der Waals surface area contributed by atoms with E-state index < -0.39 is 0 Å². The Morgan fingerprint density at radius 2 is 1.91 bits per heavy atom. The predicted molar refractivity (Wildman–Crippen MR) is 98.0 cm³/mol. The van der Waals surface area contributed by atoms with Gasteiger partial charge in [-0.3, -0.25) is 0 Å². The van der Waals surface area contributed by atoms with Crippen molar-refractivity contribution >= 4 is 40.2 Å². The van der Waals surface area contributed by atoms with E-state index in [4.69, 9.17) is 5.73 Å². The lowest BCUT2D eigenvalue weighted by Gasteiger charge is -2.29. The van der Waals surface area contributed by atoms with Crippen LogP contribution in [-0.2, 0) is 0 Å². The van der Waals surface area contributed by atoms with Crippen LogP contribution in [0.25, 0.3) is 21.9 Å². The van der Waals surface area contributed by atoms with Crippen LogP contribution in [0.4, 0.5) is 5.82 Å². The Morgan fingerprint density at radius 3 is 2.70 bits per heavy atom. The highest BCUT2D eigenvalue weighted by Gasteiger charge is 2.24. The molecule has 0 amide bonds. The van der Waals surface area contributed by atoms with Gasteiger partial charge in [-0.15, -0.1) is 12.4 Å². The summed E-state index contributed by atoms with van der Waals surface area (Å²) in [6.07, 6.45) is 8.68. The number of anilines is 1. The molecule has 23 heavy (non-hydrogen) atoms. The number of imidazole rings is 1. The van der Waals surface area contributed by atoms with E-state index in [9.17, 15) is 0 Å². The maximum Gasteiger partial charge on any atom is 0.152 e. The van der Waals surface area contributed by atoms with E-state index in [0.717, 1.165) is 27.9 Å². The molecule has 0 saturated heterocycles. The van der Waals surface area contributed by atoms with Crippen molar-refractivity contribution < 1.29 is 0 Å². The van der Waals surface area contributed by atoms with Gasteiger partial charge >= 0.3 is 0 Å². The van der Waals surface area contributed by atoms with Crippen molar-refractivity contribution in [2.75, 3.05) is 5.73 Å². The van der Waals surface area contributed by atoms with E-state index in [0.29, 0.717) is 11.9 Å². The smallest absolute Gasteiger partial charge is 0.152 e. The molecular weight excluding hydrogens is 308 g/mol. The minimum Gasteiger partial charge on any atom is -0.382 e. The fourth-order valence-electron chi connectivity index (χ4n) is 3.92. The molecule has 5 heteroatoms. The monoisotopic (exact) mass is 330 g/mol. The largest absolute Gasteiger partial charge is 0.382 e. The number of halogens is 1. The highest BCUT2D eigenvalue weighted by Crippen LogP contribution is 2.36. The first-order chi connectivity index (χ1) is 10.8. The molecule has 1 aliphatic carbocycles. The summed E-state index contributed by atoms with van der Waals surface area (Å²) in [5, 5.41) is 1.15. The van der Waals surface area contributed by atoms with Gasteiger partial charge in [0.2, 0.25) is 0 Å². The minimum absolute atomic E-state index is 0. The normalized spacial score (nSPS) is 17.3. The Labute approximate surface area is 142 Å². The van der Waals surface area contributed by atoms with Gasteiger partial charge in [-0.2, -0.15) is 0 Å². The standard InChI is InChI=1S/C18H22N4.ClH/c1-12(13-7-3-2-4-8-13)22-11-20-16-17(22)14-9-5-6-10-15(14)21-18(16)19;/h5-6,9-13H,2-4,7-8H2,1H3,(H2,19,21);1H/t12-;/m1./s1. The fraction of sp³-hybridized carbons (Fsp3) is 0.444. The lowest BCUT2D eigenvalue weighted by Crippen LogP contribution is -2.18. The summed E-state index contributed by atoms with van der Waals surface area (Å²) in [4.78, 5) is 9.05. The number of nitrogen functional groups attached to an aromatic ring is 1. The second-order valence-corrected chi connectivity index (χ2v) is 6.50. The molecule has 122 valence electrons. The zero-order chi connectivity index (χ0) is 15.1. The van der Waals surface area contributed by atoms with Crippen molar-refractivity contribution in [1.29, 1.82) is 0 Å². The number of pyridine rings is 1. The van der Waals surface area contributed by atoms with Gasteiger partial charge in [0.25, 0.3) is 0 Å². The van der Waals surface area contributed by atoms with Gasteiger partial charge in [0.1, 0.15) is 5.52 Å². The summed E-state index contributed by atoms with van der Waals surface area (Å²) in [6, 6.07) is 8.66. The van der Waals surface area contributed by atoms with Gasteiger partial charge in [-0.05, 0) is 31.7 Å². The van der Waals surface area contributed by atoms with E-state index in [2.05, 4.69) is 33.6 Å². The van der Waals surface area contributed by atoms with Crippen LogP contribution < -0.4 is 5.73 Å². The third-order valence-electron chi connectivity index (χ3n) is 5.21. The molecule has 1 fully saturated rings. The Morgan fingerprint density at radius 1 is 1.17 bits per heavy atom. The van der Waals surface area contributed by atoms with E-state index in [1.54, 1.807) is 0 Å². The van der Waals surface area contributed by atoms with Gasteiger partial charge in [-0.1, -0.05) is 37.5 Å². The number of rotatable bonds is 2. The Bertz CT molecular complexity index is 820. The summed E-state index contributed by atoms with van der Waals surface area (Å²) < 4.78 is 2.33. The van der Waals surface area contributed by atoms with Crippen LogP contribution in [0, 0.1) is 5.92 Å². The average Bonchev–Trinajstić information content (AvgIpc) is 3.01. The zero-order valence-corrected chi connectivity index (χ0v) is 14.2. The van der Waals surface area contributed by atoms with Crippen LogP contribution in [0.5, 0.6) is 0 Å². The lowest BCUT2D eigenvalue weighted by atomic mass is 9.84. The molecule has 1 saturated carbocycles. The molecule has 0 unspecified atom stereocenters. The number of hydrogen-bond acceptors (Lipinski definition) is 3. The van der Waals surface area contributed by atoms with Crippen LogP contribution in [0.1, 0.15) is 45.1 Å². The first-order valence-electron chi connectivity index (χ1n) is 8.26. The van der Waals surface area contributed by atoms with Crippen molar-refractivity contribution in [3.8, 4) is 0 Å². The molecular formula is C18H23ClN4. The number of aromatic nitrogens is 3. The second-order valence-electron chi connectivity index (χ2n) is 6.50. The van der Waals surface area contributed by atoms with E-state index in [1.807, 2.05) is 18.5 Å². The zero-order valence-electron chi connectivity index (χ0n) is 13.4. The Balaban J connectivity index is 0.00000156. The van der Waals surface area contributed by atoms with E-state index in [1.165, 1.54) is 32.1 Å². The van der Waals surface area contributed by atoms with Crippen LogP contribution >= 0.6 is 12.4 Å². The molecule has 3 aromatic rings. The third kappa shape index (κ3) is 2.65. The highest BCUT2D eigenvalue weighted by atomic mass is 35.5. The maximum atomic E-state index is 6.13. The fourth-order valence-corrected chi connectivity index (χ4v) is 3.92. The quantitative estimate of drug-likeness (QED) is 0.739. The van der Waals surface area contributed by atoms with E-state index in [-0.39, 0.29) is 12.4 Å².